The number of nitrogens with zero attached hydrogens (tertiary/aromatic N) is 4. The van der Waals surface area contributed by atoms with Crippen molar-refractivity contribution in [2.24, 2.45) is 9.98 Å². The summed E-state index contributed by atoms with van der Waals surface area (Å²) in [7, 11) is 0. The molecule has 3 heterocycles. The van der Waals surface area contributed by atoms with Gasteiger partial charge in [-0.15, -0.1) is 0 Å². The lowest BCUT2D eigenvalue weighted by Gasteiger charge is -2.24. The van der Waals surface area contributed by atoms with Gasteiger partial charge in [-0.2, -0.15) is 0 Å². The van der Waals surface area contributed by atoms with E-state index in [-0.39, 0.29) is 6.17 Å². The van der Waals surface area contributed by atoms with Crippen molar-refractivity contribution >= 4 is 44.6 Å². The third kappa shape index (κ3) is 4.47. The summed E-state index contributed by atoms with van der Waals surface area (Å²) < 4.78 is 8.47. The number of aromatic nitrogens is 2. The Morgan fingerprint density at radius 3 is 2.20 bits per heavy atom. The molecular formula is C40H27N5O. The first-order valence-electron chi connectivity index (χ1n) is 15.3. The van der Waals surface area contributed by atoms with Gasteiger partial charge in [0.1, 0.15) is 17.5 Å². The normalized spacial score (nSPS) is 14.7. The summed E-state index contributed by atoms with van der Waals surface area (Å²) in [5, 5.41) is 5.96. The van der Waals surface area contributed by atoms with Crippen LogP contribution >= 0.6 is 0 Å². The van der Waals surface area contributed by atoms with E-state index in [4.69, 9.17) is 19.4 Å². The van der Waals surface area contributed by atoms with Crippen LogP contribution in [0, 0.1) is 0 Å². The molecule has 6 aromatic carbocycles. The van der Waals surface area contributed by atoms with Crippen LogP contribution in [0.5, 0.6) is 0 Å². The smallest absolute Gasteiger partial charge is 0.227 e. The first-order valence-corrected chi connectivity index (χ1v) is 15.3. The van der Waals surface area contributed by atoms with E-state index in [2.05, 4.69) is 101 Å². The molecule has 218 valence electrons. The van der Waals surface area contributed by atoms with Crippen LogP contribution in [0.1, 0.15) is 22.9 Å². The summed E-state index contributed by atoms with van der Waals surface area (Å²) in [6, 6.07) is 51.8. The second-order valence-electron chi connectivity index (χ2n) is 11.4. The van der Waals surface area contributed by atoms with Gasteiger partial charge in [-0.05, 0) is 48.0 Å². The number of aliphatic imine (C=N–C) groups is 2. The number of hydrogen-bond acceptors (Lipinski definition) is 5. The molecule has 0 aliphatic carbocycles. The third-order valence-corrected chi connectivity index (χ3v) is 8.48. The maximum absolute atomic E-state index is 6.16. The van der Waals surface area contributed by atoms with E-state index in [1.807, 2.05) is 60.7 Å². The highest BCUT2D eigenvalue weighted by molar-refractivity contribution is 6.14. The van der Waals surface area contributed by atoms with Crippen LogP contribution in [-0.2, 0) is 0 Å². The number of amidine groups is 2. The molecule has 0 bridgehead atoms. The quantitative estimate of drug-likeness (QED) is 0.216. The Kier molecular flexibility index (Phi) is 6.09. The summed E-state index contributed by atoms with van der Waals surface area (Å²) in [5.74, 6) is 2.08. The van der Waals surface area contributed by atoms with Gasteiger partial charge in [-0.25, -0.2) is 15.0 Å². The Morgan fingerprint density at radius 2 is 1.33 bits per heavy atom. The van der Waals surface area contributed by atoms with E-state index < -0.39 is 0 Å². The zero-order valence-electron chi connectivity index (χ0n) is 24.7. The molecule has 0 fully saturated rings. The lowest BCUT2D eigenvalue weighted by atomic mass is 10.1. The molecule has 0 radical (unpaired) electrons. The fourth-order valence-electron chi connectivity index (χ4n) is 6.29. The molecule has 1 atom stereocenters. The highest BCUT2D eigenvalue weighted by atomic mass is 16.3. The summed E-state index contributed by atoms with van der Waals surface area (Å²) >= 11 is 0. The fraction of sp³-hybridized carbons (Fsp3) is 0.0250. The summed E-state index contributed by atoms with van der Waals surface area (Å²) in [5.41, 5.74) is 8.81. The van der Waals surface area contributed by atoms with Crippen molar-refractivity contribution in [2.75, 3.05) is 0 Å². The molecule has 1 N–H and O–H groups in total. The molecule has 1 aliphatic rings. The standard InChI is InChI=1S/C40H27N5O/c1-3-12-26(13-4-1)37-42-38(27-14-5-2-6-15-27)44-39(43-37)28-16-11-17-30(24-28)45-34-20-9-7-18-31(34)32-23-22-29(25-35(32)45)40-41-33-19-8-10-21-36(33)46-40/h1-25,37H,(H,42,43,44). The minimum absolute atomic E-state index is 0.264. The number of nitrogens with one attached hydrogen (secondary N) is 1. The molecule has 8 aromatic rings. The zero-order chi connectivity index (χ0) is 30.5. The molecule has 9 rings (SSSR count). The van der Waals surface area contributed by atoms with E-state index in [1.54, 1.807) is 0 Å². The van der Waals surface area contributed by atoms with E-state index in [0.29, 0.717) is 11.7 Å². The summed E-state index contributed by atoms with van der Waals surface area (Å²) in [4.78, 5) is 14.8. The predicted molar refractivity (Wildman–Crippen MR) is 186 cm³/mol. The molecular weight excluding hydrogens is 566 g/mol. The van der Waals surface area contributed by atoms with Crippen LogP contribution in [0.4, 0.5) is 0 Å². The Bertz CT molecular complexity index is 2420. The van der Waals surface area contributed by atoms with Gasteiger partial charge in [-0.3, -0.25) is 0 Å². The average Bonchev–Trinajstić information content (AvgIpc) is 3.72. The third-order valence-electron chi connectivity index (χ3n) is 8.48. The Balaban J connectivity index is 1.19. The SMILES string of the molecule is c1ccc(C2=NC(c3ccccc3)NC(c3cccc(-n4c5ccccc5c5ccc(-c6nc7ccccc7o6)cc54)c3)=N2)cc1. The molecule has 0 amide bonds. The lowest BCUT2D eigenvalue weighted by molar-refractivity contribution is 0.620. The monoisotopic (exact) mass is 593 g/mol. The number of fused-ring (bicyclic) bond motifs is 4. The molecule has 1 unspecified atom stereocenters. The minimum atomic E-state index is -0.264. The maximum Gasteiger partial charge on any atom is 0.227 e. The van der Waals surface area contributed by atoms with Crippen molar-refractivity contribution in [3.05, 3.63) is 168 Å². The van der Waals surface area contributed by atoms with E-state index in [0.717, 1.165) is 61.3 Å². The molecule has 0 saturated carbocycles. The van der Waals surface area contributed by atoms with Gasteiger partial charge in [0.15, 0.2) is 11.4 Å². The number of oxazole rings is 1. The number of para-hydroxylation sites is 3. The molecule has 1 aliphatic heterocycles. The molecule has 2 aromatic heterocycles. The van der Waals surface area contributed by atoms with Crippen molar-refractivity contribution in [3.8, 4) is 17.1 Å². The lowest BCUT2D eigenvalue weighted by Crippen LogP contribution is -2.33. The molecule has 0 saturated heterocycles. The van der Waals surface area contributed by atoms with Crippen molar-refractivity contribution < 1.29 is 4.42 Å². The minimum Gasteiger partial charge on any atom is -0.436 e. The van der Waals surface area contributed by atoms with Crippen molar-refractivity contribution in [1.29, 1.82) is 0 Å². The molecule has 6 nitrogen and oxygen atoms in total. The largest absolute Gasteiger partial charge is 0.436 e. The second-order valence-corrected chi connectivity index (χ2v) is 11.4. The topological polar surface area (TPSA) is 67.7 Å². The van der Waals surface area contributed by atoms with Crippen LogP contribution < -0.4 is 5.32 Å². The second kappa shape index (κ2) is 10.7. The predicted octanol–water partition coefficient (Wildman–Crippen LogP) is 9.09. The van der Waals surface area contributed by atoms with Crippen molar-refractivity contribution in [3.63, 3.8) is 0 Å². The highest BCUT2D eigenvalue weighted by Gasteiger charge is 2.22. The maximum atomic E-state index is 6.16. The van der Waals surface area contributed by atoms with Gasteiger partial charge in [0.2, 0.25) is 5.89 Å². The van der Waals surface area contributed by atoms with E-state index in [9.17, 15) is 0 Å². The van der Waals surface area contributed by atoms with Crippen LogP contribution in [0.3, 0.4) is 0 Å². The van der Waals surface area contributed by atoms with Crippen LogP contribution in [0.15, 0.2) is 166 Å². The van der Waals surface area contributed by atoms with Gasteiger partial charge in [0.25, 0.3) is 0 Å². The van der Waals surface area contributed by atoms with Crippen molar-refractivity contribution in [1.82, 2.24) is 14.9 Å². The summed E-state index contributed by atoms with van der Waals surface area (Å²) in [6.07, 6.45) is -0.264. The Morgan fingerprint density at radius 1 is 0.587 bits per heavy atom. The van der Waals surface area contributed by atoms with Gasteiger partial charge in [0.05, 0.1) is 11.0 Å². The van der Waals surface area contributed by atoms with Gasteiger partial charge in [-0.1, -0.05) is 109 Å². The molecule has 6 heteroatoms. The average molecular weight is 594 g/mol. The highest BCUT2D eigenvalue weighted by Crippen LogP contribution is 2.35. The van der Waals surface area contributed by atoms with Gasteiger partial charge < -0.3 is 14.3 Å². The first kappa shape index (κ1) is 26.2. The van der Waals surface area contributed by atoms with Gasteiger partial charge >= 0.3 is 0 Å². The first-order chi connectivity index (χ1) is 22.8. The van der Waals surface area contributed by atoms with Crippen LogP contribution in [0.25, 0.3) is 50.0 Å². The van der Waals surface area contributed by atoms with Crippen molar-refractivity contribution in [2.45, 2.75) is 6.17 Å². The number of benzene rings is 6. The number of rotatable bonds is 5. The summed E-state index contributed by atoms with van der Waals surface area (Å²) in [6.45, 7) is 0. The van der Waals surface area contributed by atoms with Crippen LogP contribution in [0.2, 0.25) is 0 Å². The zero-order valence-corrected chi connectivity index (χ0v) is 24.7. The molecule has 0 spiro atoms. The van der Waals surface area contributed by atoms with Gasteiger partial charge in [0, 0.05) is 33.2 Å². The van der Waals surface area contributed by atoms with E-state index in [1.165, 1.54) is 5.39 Å². The fourth-order valence-corrected chi connectivity index (χ4v) is 6.29. The van der Waals surface area contributed by atoms with Crippen LogP contribution in [-0.4, -0.2) is 21.2 Å². The Labute approximate surface area is 265 Å². The van der Waals surface area contributed by atoms with E-state index >= 15 is 0 Å². The number of hydrogen-bond donors (Lipinski definition) is 1. The Hall–Kier alpha value is -6.27. The molecule has 46 heavy (non-hydrogen) atoms.